The van der Waals surface area contributed by atoms with Crippen LogP contribution in [0.3, 0.4) is 0 Å². The third kappa shape index (κ3) is 4.47. The highest BCUT2D eigenvalue weighted by molar-refractivity contribution is 7.09. The van der Waals surface area contributed by atoms with Crippen LogP contribution in [0.5, 0.6) is 0 Å². The van der Waals surface area contributed by atoms with Gasteiger partial charge in [0.05, 0.1) is 12.3 Å². The summed E-state index contributed by atoms with van der Waals surface area (Å²) in [4.78, 5) is 3.92. The van der Waals surface area contributed by atoms with Crippen molar-refractivity contribution in [3.8, 4) is 0 Å². The van der Waals surface area contributed by atoms with Crippen molar-refractivity contribution >= 4 is 11.3 Å². The number of nitrogens with one attached hydrogen (secondary N) is 1. The first-order valence-electron chi connectivity index (χ1n) is 7.20. The first kappa shape index (κ1) is 15.3. The Labute approximate surface area is 125 Å². The summed E-state index contributed by atoms with van der Waals surface area (Å²) in [5.74, 6) is 0.999. The van der Waals surface area contributed by atoms with Crippen LogP contribution >= 0.6 is 11.3 Å². The van der Waals surface area contributed by atoms with Gasteiger partial charge in [-0.25, -0.2) is 0 Å². The van der Waals surface area contributed by atoms with E-state index in [0.717, 1.165) is 25.4 Å². The predicted molar refractivity (Wildman–Crippen MR) is 85.0 cm³/mol. The van der Waals surface area contributed by atoms with Gasteiger partial charge in [-0.05, 0) is 44.4 Å². The van der Waals surface area contributed by atoms with Crippen molar-refractivity contribution in [3.05, 3.63) is 46.5 Å². The molecule has 0 aliphatic rings. The summed E-state index contributed by atoms with van der Waals surface area (Å²) in [6.07, 6.45) is 1.73. The maximum Gasteiger partial charge on any atom is 0.120 e. The number of nitrogens with zero attached hydrogens (tertiary/aromatic N) is 1. The Morgan fingerprint density at radius 2 is 2.10 bits per heavy atom. The van der Waals surface area contributed by atoms with E-state index in [1.54, 1.807) is 6.26 Å². The van der Waals surface area contributed by atoms with Gasteiger partial charge in [0.1, 0.15) is 5.76 Å². The molecule has 2 aromatic rings. The summed E-state index contributed by atoms with van der Waals surface area (Å²) in [7, 11) is 0. The summed E-state index contributed by atoms with van der Waals surface area (Å²) < 4.78 is 5.41. The van der Waals surface area contributed by atoms with Crippen LogP contribution in [0.25, 0.3) is 0 Å². The van der Waals surface area contributed by atoms with Crippen molar-refractivity contribution in [1.29, 1.82) is 0 Å². The third-order valence-electron chi connectivity index (χ3n) is 3.49. The minimum Gasteiger partial charge on any atom is -0.468 e. The predicted octanol–water partition coefficient (Wildman–Crippen LogP) is 3.90. The van der Waals surface area contributed by atoms with E-state index in [-0.39, 0.29) is 6.04 Å². The molecular formula is C16H24N2OS. The Bertz CT molecular complexity index is 465. The first-order valence-corrected chi connectivity index (χ1v) is 8.08. The second-order valence-electron chi connectivity index (χ2n) is 5.33. The van der Waals surface area contributed by atoms with Crippen molar-refractivity contribution in [3.63, 3.8) is 0 Å². The van der Waals surface area contributed by atoms with Gasteiger partial charge in [-0.3, -0.25) is 4.90 Å². The molecule has 2 aromatic heterocycles. The van der Waals surface area contributed by atoms with Gasteiger partial charge >= 0.3 is 0 Å². The fourth-order valence-electron chi connectivity index (χ4n) is 2.19. The highest BCUT2D eigenvalue weighted by atomic mass is 32.1. The molecular weight excluding hydrogens is 268 g/mol. The van der Waals surface area contributed by atoms with Gasteiger partial charge in [-0.15, -0.1) is 11.3 Å². The first-order chi connectivity index (χ1) is 9.66. The van der Waals surface area contributed by atoms with Crippen molar-refractivity contribution in [2.75, 3.05) is 13.1 Å². The maximum atomic E-state index is 5.41. The molecule has 0 fully saturated rings. The monoisotopic (exact) mass is 292 g/mol. The quantitative estimate of drug-likeness (QED) is 0.800. The molecule has 0 aliphatic heterocycles. The number of hydrogen-bond acceptors (Lipinski definition) is 4. The fourth-order valence-corrected chi connectivity index (χ4v) is 2.91. The van der Waals surface area contributed by atoms with Gasteiger partial charge in [-0.1, -0.05) is 6.07 Å². The molecule has 0 saturated carbocycles. The maximum absolute atomic E-state index is 5.41. The number of hydrogen-bond donors (Lipinski definition) is 1. The molecule has 0 amide bonds. The minimum atomic E-state index is 0.265. The highest BCUT2D eigenvalue weighted by Crippen LogP contribution is 2.14. The average Bonchev–Trinajstić information content (AvgIpc) is 3.10. The Morgan fingerprint density at radius 3 is 2.70 bits per heavy atom. The van der Waals surface area contributed by atoms with E-state index in [1.807, 2.05) is 23.5 Å². The molecule has 0 radical (unpaired) electrons. The van der Waals surface area contributed by atoms with Gasteiger partial charge in [-0.2, -0.15) is 0 Å². The summed E-state index contributed by atoms with van der Waals surface area (Å²) in [5, 5.41) is 5.66. The van der Waals surface area contributed by atoms with Crippen LogP contribution < -0.4 is 5.32 Å². The van der Waals surface area contributed by atoms with E-state index in [0.29, 0.717) is 6.04 Å². The summed E-state index contributed by atoms with van der Waals surface area (Å²) in [6.45, 7) is 9.68. The van der Waals surface area contributed by atoms with E-state index < -0.39 is 0 Å². The third-order valence-corrected chi connectivity index (χ3v) is 4.35. The van der Waals surface area contributed by atoms with Crippen LogP contribution in [-0.4, -0.2) is 24.0 Å². The van der Waals surface area contributed by atoms with Gasteiger partial charge in [0.2, 0.25) is 0 Å². The smallest absolute Gasteiger partial charge is 0.120 e. The van der Waals surface area contributed by atoms with Crippen LogP contribution in [0.15, 0.2) is 40.3 Å². The lowest BCUT2D eigenvalue weighted by Crippen LogP contribution is -2.36. The van der Waals surface area contributed by atoms with Gasteiger partial charge in [0.15, 0.2) is 0 Å². The van der Waals surface area contributed by atoms with E-state index in [2.05, 4.69) is 48.5 Å². The van der Waals surface area contributed by atoms with E-state index in [9.17, 15) is 0 Å². The summed E-state index contributed by atoms with van der Waals surface area (Å²) >= 11 is 1.83. The normalized spacial score (nSPS) is 13.2. The zero-order valence-electron chi connectivity index (χ0n) is 12.5. The zero-order valence-corrected chi connectivity index (χ0v) is 13.3. The molecule has 0 spiro atoms. The largest absolute Gasteiger partial charge is 0.468 e. The molecule has 2 heterocycles. The van der Waals surface area contributed by atoms with Gasteiger partial charge < -0.3 is 9.73 Å². The number of furan rings is 1. The lowest BCUT2D eigenvalue weighted by atomic mass is 10.2. The number of rotatable bonds is 8. The van der Waals surface area contributed by atoms with E-state index in [4.69, 9.17) is 4.42 Å². The molecule has 2 rings (SSSR count). The highest BCUT2D eigenvalue weighted by Gasteiger charge is 2.12. The van der Waals surface area contributed by atoms with Crippen molar-refractivity contribution in [2.45, 2.75) is 39.4 Å². The molecule has 3 nitrogen and oxygen atoms in total. The van der Waals surface area contributed by atoms with Crippen LogP contribution in [0, 0.1) is 0 Å². The molecule has 1 unspecified atom stereocenters. The fraction of sp³-hybridized carbons (Fsp3) is 0.500. The van der Waals surface area contributed by atoms with Crippen molar-refractivity contribution in [2.24, 2.45) is 0 Å². The molecule has 1 N–H and O–H groups in total. The van der Waals surface area contributed by atoms with Crippen LogP contribution in [0.4, 0.5) is 0 Å². The van der Waals surface area contributed by atoms with Crippen molar-refractivity contribution < 1.29 is 4.42 Å². The van der Waals surface area contributed by atoms with Crippen LogP contribution in [0.2, 0.25) is 0 Å². The minimum absolute atomic E-state index is 0.265. The molecule has 20 heavy (non-hydrogen) atoms. The second kappa shape index (κ2) is 7.62. The Kier molecular flexibility index (Phi) is 5.83. The van der Waals surface area contributed by atoms with Crippen LogP contribution in [-0.2, 0) is 6.54 Å². The second-order valence-corrected chi connectivity index (χ2v) is 6.37. The number of thiophene rings is 1. The lowest BCUT2D eigenvalue weighted by Gasteiger charge is -2.26. The van der Waals surface area contributed by atoms with Gasteiger partial charge in [0, 0.05) is 30.6 Å². The SMILES string of the molecule is CC(NCCN(Cc1cccs1)C(C)C)c1ccco1. The Balaban J connectivity index is 1.77. The molecule has 0 bridgehead atoms. The average molecular weight is 292 g/mol. The Hall–Kier alpha value is -1.10. The zero-order chi connectivity index (χ0) is 14.4. The van der Waals surface area contributed by atoms with Crippen molar-refractivity contribution in [1.82, 2.24) is 10.2 Å². The Morgan fingerprint density at radius 1 is 1.25 bits per heavy atom. The summed E-state index contributed by atoms with van der Waals surface area (Å²) in [6, 6.07) is 9.10. The van der Waals surface area contributed by atoms with E-state index >= 15 is 0 Å². The topological polar surface area (TPSA) is 28.4 Å². The molecule has 4 heteroatoms. The molecule has 1 atom stereocenters. The molecule has 0 aliphatic carbocycles. The summed E-state index contributed by atoms with van der Waals surface area (Å²) in [5.41, 5.74) is 0. The van der Waals surface area contributed by atoms with Gasteiger partial charge in [0.25, 0.3) is 0 Å². The molecule has 0 saturated heterocycles. The molecule has 0 aromatic carbocycles. The standard InChI is InChI=1S/C16H24N2OS/c1-13(2)18(12-15-6-5-11-20-15)9-8-17-14(3)16-7-4-10-19-16/h4-7,10-11,13-14,17H,8-9,12H2,1-3H3. The lowest BCUT2D eigenvalue weighted by molar-refractivity contribution is 0.211. The van der Waals surface area contributed by atoms with E-state index in [1.165, 1.54) is 4.88 Å². The van der Waals surface area contributed by atoms with Crippen LogP contribution in [0.1, 0.15) is 37.5 Å². The molecule has 110 valence electrons.